The molecule has 0 aliphatic carbocycles. The Labute approximate surface area is 156 Å². The fourth-order valence-corrected chi connectivity index (χ4v) is 2.93. The van der Waals surface area contributed by atoms with Gasteiger partial charge < -0.3 is 24.8 Å². The standard InChI is InChI=1S/C19H31N5O2/c1-5-26-19(25)24-14-12-23(13-15-24)18(20-2)21-11-10-16-6-8-17(9-7-16)22(3)4/h6-9H,5,10-15H2,1-4H3,(H,20,21). The van der Waals surface area contributed by atoms with E-state index in [1.165, 1.54) is 11.3 Å². The van der Waals surface area contributed by atoms with Crippen molar-refractivity contribution in [1.29, 1.82) is 0 Å². The Bertz CT molecular complexity index is 592. The second-order valence-electron chi connectivity index (χ2n) is 6.46. The highest BCUT2D eigenvalue weighted by atomic mass is 16.6. The molecule has 0 atom stereocenters. The molecule has 26 heavy (non-hydrogen) atoms. The first-order valence-corrected chi connectivity index (χ1v) is 9.18. The van der Waals surface area contributed by atoms with Crippen molar-refractivity contribution in [3.63, 3.8) is 0 Å². The van der Waals surface area contributed by atoms with Crippen molar-refractivity contribution in [2.24, 2.45) is 4.99 Å². The molecule has 2 rings (SSSR count). The van der Waals surface area contributed by atoms with Crippen LogP contribution in [0.4, 0.5) is 10.5 Å². The van der Waals surface area contributed by atoms with Crippen LogP contribution < -0.4 is 10.2 Å². The van der Waals surface area contributed by atoms with Gasteiger partial charge in [0.05, 0.1) is 6.61 Å². The molecular weight excluding hydrogens is 330 g/mol. The van der Waals surface area contributed by atoms with E-state index in [0.717, 1.165) is 32.0 Å². The number of ether oxygens (including phenoxy) is 1. The van der Waals surface area contributed by atoms with E-state index in [9.17, 15) is 4.79 Å². The van der Waals surface area contributed by atoms with E-state index in [-0.39, 0.29) is 6.09 Å². The average molecular weight is 361 g/mol. The maximum absolute atomic E-state index is 11.8. The molecule has 0 spiro atoms. The Balaban J connectivity index is 1.77. The summed E-state index contributed by atoms with van der Waals surface area (Å²) in [7, 11) is 5.89. The molecule has 144 valence electrons. The van der Waals surface area contributed by atoms with Gasteiger partial charge in [0.15, 0.2) is 5.96 Å². The second kappa shape index (κ2) is 9.89. The summed E-state index contributed by atoms with van der Waals surface area (Å²) in [6.45, 7) is 5.90. The maximum Gasteiger partial charge on any atom is 0.409 e. The largest absolute Gasteiger partial charge is 0.450 e. The van der Waals surface area contributed by atoms with Gasteiger partial charge in [-0.15, -0.1) is 0 Å². The number of carbonyl (C=O) groups is 1. The summed E-state index contributed by atoms with van der Waals surface area (Å²) in [6.07, 6.45) is 0.714. The van der Waals surface area contributed by atoms with Crippen molar-refractivity contribution in [3.8, 4) is 0 Å². The molecule has 0 aromatic heterocycles. The van der Waals surface area contributed by atoms with Gasteiger partial charge in [-0.2, -0.15) is 0 Å². The Morgan fingerprint density at radius 2 is 1.77 bits per heavy atom. The van der Waals surface area contributed by atoms with Gasteiger partial charge in [0.1, 0.15) is 0 Å². The second-order valence-corrected chi connectivity index (χ2v) is 6.46. The Hall–Kier alpha value is -2.44. The van der Waals surface area contributed by atoms with Crippen LogP contribution in [-0.4, -0.2) is 82.3 Å². The molecule has 1 aromatic carbocycles. The lowest BCUT2D eigenvalue weighted by Crippen LogP contribution is -2.54. The SMILES string of the molecule is CCOC(=O)N1CCN(C(=NC)NCCc2ccc(N(C)C)cc2)CC1. The number of hydrogen-bond donors (Lipinski definition) is 1. The van der Waals surface area contributed by atoms with Crippen molar-refractivity contribution >= 4 is 17.7 Å². The van der Waals surface area contributed by atoms with Gasteiger partial charge in [0.2, 0.25) is 0 Å². The van der Waals surface area contributed by atoms with Crippen LogP contribution in [-0.2, 0) is 11.2 Å². The number of anilines is 1. The van der Waals surface area contributed by atoms with E-state index in [1.807, 2.05) is 21.0 Å². The van der Waals surface area contributed by atoms with Crippen LogP contribution in [0, 0.1) is 0 Å². The maximum atomic E-state index is 11.8. The van der Waals surface area contributed by atoms with Gasteiger partial charge in [0.25, 0.3) is 0 Å². The molecule has 0 unspecified atom stereocenters. The van der Waals surface area contributed by atoms with Crippen molar-refractivity contribution in [2.75, 3.05) is 65.4 Å². The predicted molar refractivity (Wildman–Crippen MR) is 106 cm³/mol. The summed E-state index contributed by atoms with van der Waals surface area (Å²) >= 11 is 0. The quantitative estimate of drug-likeness (QED) is 0.638. The Kier molecular flexibility index (Phi) is 7.56. The summed E-state index contributed by atoms with van der Waals surface area (Å²) < 4.78 is 5.06. The highest BCUT2D eigenvalue weighted by molar-refractivity contribution is 5.80. The average Bonchev–Trinajstić information content (AvgIpc) is 2.66. The van der Waals surface area contributed by atoms with Crippen LogP contribution in [0.2, 0.25) is 0 Å². The van der Waals surface area contributed by atoms with Gasteiger partial charge in [-0.05, 0) is 31.0 Å². The zero-order valence-electron chi connectivity index (χ0n) is 16.4. The molecule has 7 heteroatoms. The molecule has 1 saturated heterocycles. The first-order chi connectivity index (χ1) is 12.5. The number of carbonyl (C=O) groups excluding carboxylic acids is 1. The number of nitrogens with zero attached hydrogens (tertiary/aromatic N) is 4. The lowest BCUT2D eigenvalue weighted by molar-refractivity contribution is 0.0915. The number of nitrogens with one attached hydrogen (secondary N) is 1. The third-order valence-corrected chi connectivity index (χ3v) is 4.47. The third-order valence-electron chi connectivity index (χ3n) is 4.47. The van der Waals surface area contributed by atoms with Gasteiger partial charge in [-0.1, -0.05) is 12.1 Å². The smallest absolute Gasteiger partial charge is 0.409 e. The minimum atomic E-state index is -0.226. The summed E-state index contributed by atoms with van der Waals surface area (Å²) in [6, 6.07) is 8.60. The summed E-state index contributed by atoms with van der Waals surface area (Å²) in [5, 5.41) is 3.43. The molecule has 1 aliphatic heterocycles. The summed E-state index contributed by atoms with van der Waals surface area (Å²) in [5.74, 6) is 0.887. The van der Waals surface area contributed by atoms with Crippen LogP contribution in [0.3, 0.4) is 0 Å². The predicted octanol–water partition coefficient (Wildman–Crippen LogP) is 1.64. The van der Waals surface area contributed by atoms with Crippen LogP contribution in [0.5, 0.6) is 0 Å². The first-order valence-electron chi connectivity index (χ1n) is 9.18. The first kappa shape index (κ1) is 19.9. The molecule has 1 fully saturated rings. The zero-order chi connectivity index (χ0) is 18.9. The molecule has 7 nitrogen and oxygen atoms in total. The normalized spacial score (nSPS) is 15.0. The molecule has 1 aromatic rings. The zero-order valence-corrected chi connectivity index (χ0v) is 16.4. The van der Waals surface area contributed by atoms with Crippen molar-refractivity contribution in [2.45, 2.75) is 13.3 Å². The molecule has 0 bridgehead atoms. The Morgan fingerprint density at radius 3 is 2.31 bits per heavy atom. The summed E-state index contributed by atoms with van der Waals surface area (Å²) in [4.78, 5) is 22.2. The van der Waals surface area contributed by atoms with Crippen LogP contribution in [0.25, 0.3) is 0 Å². The topological polar surface area (TPSA) is 60.4 Å². The van der Waals surface area contributed by atoms with Gasteiger partial charge >= 0.3 is 6.09 Å². The van der Waals surface area contributed by atoms with E-state index in [2.05, 4.69) is 44.4 Å². The van der Waals surface area contributed by atoms with E-state index >= 15 is 0 Å². The molecular formula is C19H31N5O2. The van der Waals surface area contributed by atoms with E-state index < -0.39 is 0 Å². The minimum absolute atomic E-state index is 0.226. The van der Waals surface area contributed by atoms with Crippen LogP contribution in [0.1, 0.15) is 12.5 Å². The monoisotopic (exact) mass is 361 g/mol. The summed E-state index contributed by atoms with van der Waals surface area (Å²) in [5.41, 5.74) is 2.50. The number of hydrogen-bond acceptors (Lipinski definition) is 4. The number of amides is 1. The van der Waals surface area contributed by atoms with Crippen molar-refractivity contribution in [3.05, 3.63) is 29.8 Å². The Morgan fingerprint density at radius 1 is 1.15 bits per heavy atom. The molecule has 0 saturated carbocycles. The lowest BCUT2D eigenvalue weighted by atomic mass is 10.1. The van der Waals surface area contributed by atoms with E-state index in [0.29, 0.717) is 19.7 Å². The molecule has 0 radical (unpaired) electrons. The highest BCUT2D eigenvalue weighted by Crippen LogP contribution is 2.12. The highest BCUT2D eigenvalue weighted by Gasteiger charge is 2.23. The number of piperazine rings is 1. The van der Waals surface area contributed by atoms with Gasteiger partial charge in [-0.3, -0.25) is 4.99 Å². The fraction of sp³-hybridized carbons (Fsp3) is 0.579. The molecule has 1 heterocycles. The molecule has 1 N–H and O–H groups in total. The fourth-order valence-electron chi connectivity index (χ4n) is 2.93. The third kappa shape index (κ3) is 5.54. The van der Waals surface area contributed by atoms with Crippen LogP contribution in [0.15, 0.2) is 29.3 Å². The van der Waals surface area contributed by atoms with Crippen molar-refractivity contribution < 1.29 is 9.53 Å². The van der Waals surface area contributed by atoms with Crippen molar-refractivity contribution in [1.82, 2.24) is 15.1 Å². The van der Waals surface area contributed by atoms with E-state index in [1.54, 1.807) is 11.9 Å². The number of benzene rings is 1. The number of aliphatic imine (C=N–C) groups is 1. The molecule has 1 amide bonds. The number of guanidine groups is 1. The molecule has 1 aliphatic rings. The number of rotatable bonds is 5. The van der Waals surface area contributed by atoms with Gasteiger partial charge in [0, 0.05) is 59.6 Å². The van der Waals surface area contributed by atoms with Gasteiger partial charge in [-0.25, -0.2) is 4.79 Å². The van der Waals surface area contributed by atoms with E-state index in [4.69, 9.17) is 4.74 Å². The lowest BCUT2D eigenvalue weighted by Gasteiger charge is -2.35. The minimum Gasteiger partial charge on any atom is -0.450 e. The van der Waals surface area contributed by atoms with Crippen LogP contribution >= 0.6 is 0 Å².